The molecule has 5 nitrogen and oxygen atoms in total. The summed E-state index contributed by atoms with van der Waals surface area (Å²) in [4.78, 5) is 11.9. The van der Waals surface area contributed by atoms with Crippen LogP contribution in [0.4, 0.5) is 17.6 Å². The number of carbonyl (C=O) groups excluding carboxylic acids is 1. The van der Waals surface area contributed by atoms with Crippen LogP contribution in [0.1, 0.15) is 12.8 Å². The largest absolute Gasteiger partial charge is 0.485 e. The number of amides is 1. The Morgan fingerprint density at radius 2 is 2.00 bits per heavy atom. The second kappa shape index (κ2) is 8.29. The molecule has 24 heavy (non-hydrogen) atoms. The molecular weight excluding hydrogens is 332 g/mol. The number of piperidine rings is 1. The second-order valence-corrected chi connectivity index (χ2v) is 5.55. The minimum Gasteiger partial charge on any atom is -0.485 e. The Hall–Kier alpha value is -1.87. The lowest BCUT2D eigenvalue weighted by Crippen LogP contribution is -2.43. The first-order valence-electron chi connectivity index (χ1n) is 7.52. The maximum Gasteiger partial charge on any atom is 0.224 e. The van der Waals surface area contributed by atoms with Gasteiger partial charge in [-0.1, -0.05) is 0 Å². The maximum absolute atomic E-state index is 13.4. The summed E-state index contributed by atoms with van der Waals surface area (Å²) in [5.41, 5.74) is 0. The van der Waals surface area contributed by atoms with E-state index in [-0.39, 0.29) is 24.4 Å². The van der Waals surface area contributed by atoms with E-state index in [1.54, 1.807) is 0 Å². The fourth-order valence-corrected chi connectivity index (χ4v) is 2.35. The molecule has 2 rings (SSSR count). The summed E-state index contributed by atoms with van der Waals surface area (Å²) in [5, 5.41) is 15.3. The summed E-state index contributed by atoms with van der Waals surface area (Å²) >= 11 is 0. The van der Waals surface area contributed by atoms with Crippen LogP contribution in [-0.2, 0) is 4.79 Å². The number of aliphatic hydroxyl groups excluding tert-OH is 1. The van der Waals surface area contributed by atoms with Gasteiger partial charge in [-0.25, -0.2) is 8.78 Å². The van der Waals surface area contributed by atoms with Gasteiger partial charge in [0.25, 0.3) is 0 Å². The van der Waals surface area contributed by atoms with E-state index < -0.39 is 41.7 Å². The number of ether oxygens (including phenoxy) is 1. The van der Waals surface area contributed by atoms with Gasteiger partial charge in [0.1, 0.15) is 12.7 Å². The van der Waals surface area contributed by atoms with Gasteiger partial charge in [0, 0.05) is 19.2 Å². The van der Waals surface area contributed by atoms with E-state index in [0.29, 0.717) is 6.54 Å². The Bertz CT molecular complexity index is 568. The zero-order valence-corrected chi connectivity index (χ0v) is 12.8. The van der Waals surface area contributed by atoms with Crippen molar-refractivity contribution in [3.8, 4) is 5.75 Å². The fraction of sp³-hybridized carbons (Fsp3) is 0.533. The van der Waals surface area contributed by atoms with Crippen LogP contribution >= 0.6 is 0 Å². The summed E-state index contributed by atoms with van der Waals surface area (Å²) in [6.07, 6.45) is 0.299. The first-order chi connectivity index (χ1) is 11.4. The van der Waals surface area contributed by atoms with Crippen LogP contribution in [-0.4, -0.2) is 43.4 Å². The van der Waals surface area contributed by atoms with Crippen molar-refractivity contribution < 1.29 is 32.2 Å². The molecule has 1 aliphatic rings. The molecule has 9 heteroatoms. The molecule has 1 aromatic rings. The van der Waals surface area contributed by atoms with Crippen molar-refractivity contribution >= 4 is 5.91 Å². The van der Waals surface area contributed by atoms with Gasteiger partial charge >= 0.3 is 0 Å². The molecule has 3 N–H and O–H groups in total. The van der Waals surface area contributed by atoms with Crippen LogP contribution < -0.4 is 15.4 Å². The smallest absolute Gasteiger partial charge is 0.224 e. The minimum atomic E-state index is -1.68. The molecule has 1 aromatic carbocycles. The van der Waals surface area contributed by atoms with Crippen LogP contribution in [0.25, 0.3) is 0 Å². The predicted molar refractivity (Wildman–Crippen MR) is 76.4 cm³/mol. The van der Waals surface area contributed by atoms with Crippen LogP contribution in [0.2, 0.25) is 0 Å². The molecule has 2 unspecified atom stereocenters. The van der Waals surface area contributed by atoms with Crippen molar-refractivity contribution in [2.24, 2.45) is 5.92 Å². The quantitative estimate of drug-likeness (QED) is 0.531. The van der Waals surface area contributed by atoms with Gasteiger partial charge in [-0.05, 0) is 19.4 Å². The van der Waals surface area contributed by atoms with E-state index >= 15 is 0 Å². The van der Waals surface area contributed by atoms with Crippen LogP contribution in [0.3, 0.4) is 0 Å². The Kier molecular flexibility index (Phi) is 6.38. The second-order valence-electron chi connectivity index (χ2n) is 5.55. The number of nitrogens with one attached hydrogen (secondary N) is 2. The maximum atomic E-state index is 13.4. The molecule has 1 saturated heterocycles. The summed E-state index contributed by atoms with van der Waals surface area (Å²) in [7, 11) is 0. The highest BCUT2D eigenvalue weighted by atomic mass is 19.2. The molecule has 2 atom stereocenters. The number of halogens is 4. The lowest BCUT2D eigenvalue weighted by molar-refractivity contribution is -0.126. The molecule has 1 heterocycles. The molecule has 0 radical (unpaired) electrons. The van der Waals surface area contributed by atoms with E-state index in [9.17, 15) is 27.5 Å². The Morgan fingerprint density at radius 1 is 1.33 bits per heavy atom. The fourth-order valence-electron chi connectivity index (χ4n) is 2.35. The average molecular weight is 350 g/mol. The van der Waals surface area contributed by atoms with Gasteiger partial charge in [-0.15, -0.1) is 0 Å². The highest BCUT2D eigenvalue weighted by Crippen LogP contribution is 2.26. The van der Waals surface area contributed by atoms with Crippen molar-refractivity contribution in [1.82, 2.24) is 10.6 Å². The zero-order valence-electron chi connectivity index (χ0n) is 12.8. The number of hydrogen-bond acceptors (Lipinski definition) is 4. The summed E-state index contributed by atoms with van der Waals surface area (Å²) in [6.45, 7) is 0.537. The number of carbonyl (C=O) groups is 1. The van der Waals surface area contributed by atoms with Gasteiger partial charge in [0.05, 0.1) is 5.92 Å². The molecule has 0 spiro atoms. The van der Waals surface area contributed by atoms with Gasteiger partial charge in [0.15, 0.2) is 17.4 Å². The summed E-state index contributed by atoms with van der Waals surface area (Å²) in [5.74, 6) is -8.27. The number of benzene rings is 1. The Labute approximate surface area is 136 Å². The van der Waals surface area contributed by atoms with Crippen molar-refractivity contribution in [1.29, 1.82) is 0 Å². The molecule has 1 amide bonds. The molecule has 0 saturated carbocycles. The Balaban J connectivity index is 1.83. The zero-order chi connectivity index (χ0) is 17.7. The lowest BCUT2D eigenvalue weighted by atomic mass is 9.99. The topological polar surface area (TPSA) is 70.6 Å². The van der Waals surface area contributed by atoms with Gasteiger partial charge in [-0.3, -0.25) is 4.79 Å². The SMILES string of the molecule is O=C(NCC(O)COc1c(F)c(F)cc(F)c1F)C1CCCNC1. The standard InChI is InChI=1S/C15H18F4N2O3/c16-10-4-11(17)13(19)14(12(10)18)24-7-9(22)6-21-15(23)8-2-1-3-20-5-8/h4,8-9,20,22H,1-3,5-7H2,(H,21,23). The highest BCUT2D eigenvalue weighted by molar-refractivity contribution is 5.78. The van der Waals surface area contributed by atoms with Crippen molar-refractivity contribution in [3.63, 3.8) is 0 Å². The molecule has 134 valence electrons. The van der Waals surface area contributed by atoms with E-state index in [4.69, 9.17) is 0 Å². The van der Waals surface area contributed by atoms with Crippen molar-refractivity contribution in [2.45, 2.75) is 18.9 Å². The molecule has 0 bridgehead atoms. The molecule has 1 fully saturated rings. The van der Waals surface area contributed by atoms with E-state index in [0.717, 1.165) is 19.4 Å². The van der Waals surface area contributed by atoms with Crippen LogP contribution in [0.5, 0.6) is 5.75 Å². The molecule has 0 aliphatic carbocycles. The number of rotatable bonds is 6. The predicted octanol–water partition coefficient (Wildman–Crippen LogP) is 1.10. The highest BCUT2D eigenvalue weighted by Gasteiger charge is 2.23. The monoisotopic (exact) mass is 350 g/mol. The summed E-state index contributed by atoms with van der Waals surface area (Å²) in [6, 6.07) is 0.0619. The van der Waals surface area contributed by atoms with Gasteiger partial charge in [-0.2, -0.15) is 8.78 Å². The third kappa shape index (κ3) is 4.57. The van der Waals surface area contributed by atoms with Gasteiger partial charge in [0.2, 0.25) is 17.5 Å². The average Bonchev–Trinajstić information content (AvgIpc) is 2.58. The molecular formula is C15H18F4N2O3. The van der Waals surface area contributed by atoms with E-state index in [1.807, 2.05) is 0 Å². The van der Waals surface area contributed by atoms with E-state index in [2.05, 4.69) is 15.4 Å². The first-order valence-corrected chi connectivity index (χ1v) is 7.52. The first kappa shape index (κ1) is 18.5. The molecule has 0 aromatic heterocycles. The number of hydrogen-bond donors (Lipinski definition) is 3. The van der Waals surface area contributed by atoms with Crippen molar-refractivity contribution in [2.75, 3.05) is 26.2 Å². The Morgan fingerprint density at radius 3 is 2.58 bits per heavy atom. The third-order valence-electron chi connectivity index (χ3n) is 3.67. The van der Waals surface area contributed by atoms with Crippen LogP contribution in [0.15, 0.2) is 6.07 Å². The normalized spacial score (nSPS) is 19.0. The minimum absolute atomic E-state index is 0.0619. The third-order valence-corrected chi connectivity index (χ3v) is 3.67. The van der Waals surface area contributed by atoms with Crippen LogP contribution in [0, 0.1) is 29.2 Å². The van der Waals surface area contributed by atoms with E-state index in [1.165, 1.54) is 0 Å². The van der Waals surface area contributed by atoms with Gasteiger partial charge < -0.3 is 20.5 Å². The van der Waals surface area contributed by atoms with Crippen molar-refractivity contribution in [3.05, 3.63) is 29.3 Å². The number of aliphatic hydroxyl groups is 1. The molecule has 1 aliphatic heterocycles. The summed E-state index contributed by atoms with van der Waals surface area (Å²) < 4.78 is 57.4. The lowest BCUT2D eigenvalue weighted by Gasteiger charge is -2.22.